The van der Waals surface area contributed by atoms with Crippen LogP contribution in [0, 0.1) is 12.7 Å². The third kappa shape index (κ3) is 4.20. The number of hydrogen-bond acceptors (Lipinski definition) is 6. The smallest absolute Gasteiger partial charge is 0.263 e. The summed E-state index contributed by atoms with van der Waals surface area (Å²) in [5.41, 5.74) is 0.711. The van der Waals surface area contributed by atoms with Crippen molar-refractivity contribution in [1.29, 1.82) is 0 Å². The van der Waals surface area contributed by atoms with E-state index in [9.17, 15) is 14.0 Å². The van der Waals surface area contributed by atoms with Gasteiger partial charge in [-0.25, -0.2) is 19.3 Å². The molecule has 7 nitrogen and oxygen atoms in total. The Hall–Kier alpha value is -3.20. The highest BCUT2D eigenvalue weighted by Crippen LogP contribution is 2.25. The quantitative estimate of drug-likeness (QED) is 0.694. The number of nitrogens with one attached hydrogen (secondary N) is 1. The molecule has 0 spiro atoms. The molecule has 1 N–H and O–H groups in total. The predicted molar refractivity (Wildman–Crippen MR) is 111 cm³/mol. The van der Waals surface area contributed by atoms with Crippen LogP contribution in [0.4, 0.5) is 4.39 Å². The first-order chi connectivity index (χ1) is 14.5. The first-order valence-corrected chi connectivity index (χ1v) is 10.4. The molecule has 0 bridgehead atoms. The Bertz CT molecular complexity index is 1060. The Balaban J connectivity index is 1.36. The number of amides is 2. The lowest BCUT2D eigenvalue weighted by molar-refractivity contribution is 0.0694. The topological polar surface area (TPSA) is 88.1 Å². The van der Waals surface area contributed by atoms with Crippen molar-refractivity contribution >= 4 is 23.2 Å². The fraction of sp³-hybridized carbons (Fsp3) is 0.286. The van der Waals surface area contributed by atoms with Gasteiger partial charge in [-0.1, -0.05) is 12.1 Å². The van der Waals surface area contributed by atoms with Gasteiger partial charge in [-0.2, -0.15) is 0 Å². The van der Waals surface area contributed by atoms with Crippen molar-refractivity contribution in [1.82, 2.24) is 25.2 Å². The summed E-state index contributed by atoms with van der Waals surface area (Å²) < 4.78 is 13.9. The molecule has 9 heteroatoms. The molecule has 3 aromatic rings. The van der Waals surface area contributed by atoms with E-state index in [0.717, 1.165) is 0 Å². The molecule has 154 valence electrons. The van der Waals surface area contributed by atoms with Crippen LogP contribution in [0.2, 0.25) is 0 Å². The van der Waals surface area contributed by atoms with Gasteiger partial charge in [0.15, 0.2) is 10.8 Å². The molecule has 1 aromatic carbocycles. The van der Waals surface area contributed by atoms with Gasteiger partial charge < -0.3 is 10.2 Å². The summed E-state index contributed by atoms with van der Waals surface area (Å²) in [7, 11) is 0. The monoisotopic (exact) mass is 425 g/mol. The molecule has 0 atom stereocenters. The van der Waals surface area contributed by atoms with E-state index in [4.69, 9.17) is 0 Å². The van der Waals surface area contributed by atoms with Crippen molar-refractivity contribution in [2.75, 3.05) is 13.1 Å². The van der Waals surface area contributed by atoms with Crippen LogP contribution in [-0.4, -0.2) is 50.8 Å². The van der Waals surface area contributed by atoms with Crippen molar-refractivity contribution in [3.63, 3.8) is 0 Å². The second kappa shape index (κ2) is 8.66. The minimum absolute atomic E-state index is 0.0555. The number of aromatic nitrogens is 3. The first kappa shape index (κ1) is 20.1. The summed E-state index contributed by atoms with van der Waals surface area (Å²) in [6.07, 6.45) is 4.49. The van der Waals surface area contributed by atoms with Gasteiger partial charge in [0, 0.05) is 31.5 Å². The number of thiazole rings is 1. The molecule has 3 heterocycles. The van der Waals surface area contributed by atoms with Gasteiger partial charge in [0.05, 0.1) is 11.3 Å². The predicted octanol–water partition coefficient (Wildman–Crippen LogP) is 3.08. The average molecular weight is 425 g/mol. The van der Waals surface area contributed by atoms with Crippen molar-refractivity contribution in [2.45, 2.75) is 25.8 Å². The van der Waals surface area contributed by atoms with Crippen molar-refractivity contribution in [3.05, 3.63) is 64.7 Å². The third-order valence-corrected chi connectivity index (χ3v) is 6.13. The van der Waals surface area contributed by atoms with Crippen LogP contribution in [0.5, 0.6) is 0 Å². The number of benzene rings is 1. The Labute approximate surface area is 177 Å². The number of rotatable bonds is 4. The van der Waals surface area contributed by atoms with Crippen LogP contribution in [0.1, 0.15) is 38.6 Å². The normalized spacial score (nSPS) is 14.5. The summed E-state index contributed by atoms with van der Waals surface area (Å²) in [6.45, 7) is 2.71. The number of halogens is 1. The highest BCUT2D eigenvalue weighted by atomic mass is 32.1. The number of hydrogen-bond donors (Lipinski definition) is 1. The second-order valence-corrected chi connectivity index (χ2v) is 8.02. The molecule has 1 saturated heterocycles. The molecular weight excluding hydrogens is 405 g/mol. The lowest BCUT2D eigenvalue weighted by Gasteiger charge is -2.32. The zero-order valence-corrected chi connectivity index (χ0v) is 17.2. The van der Waals surface area contributed by atoms with E-state index < -0.39 is 5.82 Å². The molecule has 2 amide bonds. The molecule has 1 aliphatic heterocycles. The van der Waals surface area contributed by atoms with Crippen LogP contribution < -0.4 is 5.32 Å². The average Bonchev–Trinajstić information content (AvgIpc) is 3.16. The maximum atomic E-state index is 13.9. The molecule has 0 aliphatic carbocycles. The zero-order valence-electron chi connectivity index (χ0n) is 16.3. The van der Waals surface area contributed by atoms with E-state index in [0.29, 0.717) is 47.3 Å². The highest BCUT2D eigenvalue weighted by molar-refractivity contribution is 7.17. The van der Waals surface area contributed by atoms with Gasteiger partial charge in [-0.15, -0.1) is 11.3 Å². The number of likely N-dealkylation sites (tertiary alicyclic amines) is 1. The van der Waals surface area contributed by atoms with Crippen molar-refractivity contribution in [3.8, 4) is 10.8 Å². The maximum Gasteiger partial charge on any atom is 0.263 e. The lowest BCUT2D eigenvalue weighted by Crippen LogP contribution is -2.46. The number of carbonyl (C=O) groups is 2. The van der Waals surface area contributed by atoms with E-state index in [1.165, 1.54) is 23.5 Å². The van der Waals surface area contributed by atoms with Gasteiger partial charge >= 0.3 is 0 Å². The fourth-order valence-corrected chi connectivity index (χ4v) is 4.31. The summed E-state index contributed by atoms with van der Waals surface area (Å²) >= 11 is 1.26. The third-order valence-electron chi connectivity index (χ3n) is 4.98. The van der Waals surface area contributed by atoms with Gasteiger partial charge in [0.1, 0.15) is 10.7 Å². The van der Waals surface area contributed by atoms with Crippen LogP contribution in [-0.2, 0) is 0 Å². The fourth-order valence-electron chi connectivity index (χ4n) is 3.40. The Morgan fingerprint density at radius 1 is 1.13 bits per heavy atom. The molecule has 0 saturated carbocycles. The standard InChI is InChI=1S/C21H20FN5O2S/c1-13-17(30-20(25-13)18-23-9-4-10-24-18)19(28)26-14-7-11-27(12-8-14)21(29)15-5-2-3-6-16(15)22/h2-6,9-10,14H,7-8,11-12H2,1H3,(H,26,28). The van der Waals surface area contributed by atoms with Crippen molar-refractivity contribution in [2.24, 2.45) is 0 Å². The van der Waals surface area contributed by atoms with Crippen molar-refractivity contribution < 1.29 is 14.0 Å². The summed E-state index contributed by atoms with van der Waals surface area (Å²) in [6, 6.07) is 7.65. The van der Waals surface area contributed by atoms with Crippen LogP contribution >= 0.6 is 11.3 Å². The first-order valence-electron chi connectivity index (χ1n) is 9.62. The molecule has 30 heavy (non-hydrogen) atoms. The molecule has 2 aromatic heterocycles. The van der Waals surface area contributed by atoms with E-state index in [1.54, 1.807) is 42.4 Å². The number of piperidine rings is 1. The Kier molecular flexibility index (Phi) is 5.80. The number of nitrogens with zero attached hydrogens (tertiary/aromatic N) is 4. The molecule has 1 aliphatic rings. The molecule has 0 radical (unpaired) electrons. The molecule has 1 fully saturated rings. The zero-order chi connectivity index (χ0) is 21.1. The van der Waals surface area contributed by atoms with Gasteiger partial charge in [-0.05, 0) is 38.0 Å². The molecular formula is C21H20FN5O2S. The minimum atomic E-state index is -0.517. The number of carbonyl (C=O) groups excluding carboxylic acids is 2. The summed E-state index contributed by atoms with van der Waals surface area (Å²) in [5.74, 6) is -0.531. The van der Waals surface area contributed by atoms with Crippen LogP contribution in [0.15, 0.2) is 42.7 Å². The van der Waals surface area contributed by atoms with Gasteiger partial charge in [0.25, 0.3) is 11.8 Å². The highest BCUT2D eigenvalue weighted by Gasteiger charge is 2.27. The summed E-state index contributed by atoms with van der Waals surface area (Å²) in [5, 5.41) is 3.63. The van der Waals surface area contributed by atoms with E-state index in [1.807, 2.05) is 0 Å². The van der Waals surface area contributed by atoms with Crippen LogP contribution in [0.3, 0.4) is 0 Å². The lowest BCUT2D eigenvalue weighted by atomic mass is 10.0. The minimum Gasteiger partial charge on any atom is -0.348 e. The van der Waals surface area contributed by atoms with E-state index in [-0.39, 0.29) is 23.4 Å². The van der Waals surface area contributed by atoms with E-state index >= 15 is 0 Å². The van der Waals surface area contributed by atoms with Gasteiger partial charge in [-0.3, -0.25) is 9.59 Å². The largest absolute Gasteiger partial charge is 0.348 e. The molecule has 4 rings (SSSR count). The number of aryl methyl sites for hydroxylation is 1. The van der Waals surface area contributed by atoms with E-state index in [2.05, 4.69) is 20.3 Å². The Morgan fingerprint density at radius 3 is 2.53 bits per heavy atom. The van der Waals surface area contributed by atoms with Gasteiger partial charge in [0.2, 0.25) is 0 Å². The van der Waals surface area contributed by atoms with Crippen LogP contribution in [0.25, 0.3) is 10.8 Å². The molecule has 0 unspecified atom stereocenters. The summed E-state index contributed by atoms with van der Waals surface area (Å²) in [4.78, 5) is 40.2. The second-order valence-electron chi connectivity index (χ2n) is 7.03. The Morgan fingerprint density at radius 2 is 1.83 bits per heavy atom. The SMILES string of the molecule is Cc1nc(-c2ncccn2)sc1C(=O)NC1CCN(C(=O)c2ccccc2F)CC1. The maximum absolute atomic E-state index is 13.9.